The Balaban J connectivity index is 1.14. The third-order valence-corrected chi connectivity index (χ3v) is 10.7. The molecule has 0 atom stereocenters. The van der Waals surface area contributed by atoms with E-state index in [1.165, 1.54) is 77.5 Å². The van der Waals surface area contributed by atoms with Gasteiger partial charge in [-0.3, -0.25) is 0 Å². The summed E-state index contributed by atoms with van der Waals surface area (Å²) in [7, 11) is 0. The minimum absolute atomic E-state index is 1.10. The van der Waals surface area contributed by atoms with Crippen LogP contribution in [0.25, 0.3) is 66.4 Å². The van der Waals surface area contributed by atoms with Crippen molar-refractivity contribution in [3.63, 3.8) is 0 Å². The van der Waals surface area contributed by atoms with Crippen LogP contribution in [0.15, 0.2) is 212 Å². The number of hydrogen-bond donors (Lipinski definition) is 0. The number of nitrogens with zero attached hydrogens (tertiary/aromatic N) is 1. The Morgan fingerprint density at radius 3 is 1.25 bits per heavy atom. The van der Waals surface area contributed by atoms with Gasteiger partial charge in [-0.25, -0.2) is 0 Å². The fourth-order valence-electron chi connectivity index (χ4n) is 7.63. The molecule has 9 aromatic carbocycles. The summed E-state index contributed by atoms with van der Waals surface area (Å²) in [6.07, 6.45) is 0. The quantitative estimate of drug-likeness (QED) is 0.152. The zero-order chi connectivity index (χ0) is 37.1. The van der Waals surface area contributed by atoms with Crippen LogP contribution in [-0.2, 0) is 0 Å². The Hall–Kier alpha value is -6.96. The summed E-state index contributed by atoms with van der Waals surface area (Å²) in [6, 6.07) is 77.3. The molecule has 0 heterocycles. The molecule has 9 aromatic rings. The fourth-order valence-corrected chi connectivity index (χ4v) is 7.63. The summed E-state index contributed by atoms with van der Waals surface area (Å²) in [5.74, 6) is 0. The van der Waals surface area contributed by atoms with Crippen molar-refractivity contribution in [2.45, 2.75) is 13.8 Å². The maximum absolute atomic E-state index is 2.37. The lowest BCUT2D eigenvalue weighted by Gasteiger charge is -2.27. The molecular weight excluding hydrogens is 663 g/mol. The molecule has 0 amide bonds. The molecule has 262 valence electrons. The van der Waals surface area contributed by atoms with E-state index in [9.17, 15) is 0 Å². The normalized spacial score (nSPS) is 11.1. The maximum atomic E-state index is 2.37. The van der Waals surface area contributed by atoms with Gasteiger partial charge >= 0.3 is 0 Å². The molecule has 0 aliphatic rings. The number of rotatable bonds is 8. The van der Waals surface area contributed by atoms with Gasteiger partial charge in [0.1, 0.15) is 0 Å². The van der Waals surface area contributed by atoms with E-state index in [1.54, 1.807) is 0 Å². The average molecular weight is 704 g/mol. The molecule has 0 saturated heterocycles. The second-order valence-electron chi connectivity index (χ2n) is 14.4. The first kappa shape index (κ1) is 33.8. The molecule has 0 saturated carbocycles. The highest BCUT2D eigenvalue weighted by Gasteiger charge is 2.17. The van der Waals surface area contributed by atoms with Crippen LogP contribution in [0.1, 0.15) is 11.1 Å². The summed E-state index contributed by atoms with van der Waals surface area (Å²) in [5.41, 5.74) is 17.9. The van der Waals surface area contributed by atoms with Crippen molar-refractivity contribution in [1.82, 2.24) is 0 Å². The Morgan fingerprint density at radius 2 is 0.691 bits per heavy atom. The molecule has 0 radical (unpaired) electrons. The van der Waals surface area contributed by atoms with Crippen LogP contribution < -0.4 is 4.90 Å². The number of hydrogen-bond acceptors (Lipinski definition) is 1. The molecule has 1 heteroatoms. The van der Waals surface area contributed by atoms with Crippen molar-refractivity contribution in [2.24, 2.45) is 0 Å². The number of benzene rings is 9. The van der Waals surface area contributed by atoms with Crippen molar-refractivity contribution < 1.29 is 0 Å². The molecule has 0 aliphatic carbocycles. The molecule has 0 unspecified atom stereocenters. The number of aryl methyl sites for hydroxylation is 2. The molecule has 0 spiro atoms. The van der Waals surface area contributed by atoms with Gasteiger partial charge in [-0.05, 0) is 117 Å². The predicted molar refractivity (Wildman–Crippen MR) is 235 cm³/mol. The monoisotopic (exact) mass is 703 g/mol. The van der Waals surface area contributed by atoms with Crippen molar-refractivity contribution in [3.05, 3.63) is 223 Å². The van der Waals surface area contributed by atoms with Crippen LogP contribution in [-0.4, -0.2) is 0 Å². The second-order valence-corrected chi connectivity index (χ2v) is 14.4. The van der Waals surface area contributed by atoms with Gasteiger partial charge in [-0.2, -0.15) is 0 Å². The molecule has 9 rings (SSSR count). The molecule has 55 heavy (non-hydrogen) atoms. The third kappa shape index (κ3) is 6.97. The molecule has 1 nitrogen and oxygen atoms in total. The van der Waals surface area contributed by atoms with Crippen molar-refractivity contribution in [2.75, 3.05) is 4.90 Å². The third-order valence-electron chi connectivity index (χ3n) is 10.7. The zero-order valence-electron chi connectivity index (χ0n) is 31.2. The largest absolute Gasteiger partial charge is 0.310 e. The Kier molecular flexibility index (Phi) is 9.12. The lowest BCUT2D eigenvalue weighted by molar-refractivity contribution is 1.28. The van der Waals surface area contributed by atoms with E-state index < -0.39 is 0 Å². The van der Waals surface area contributed by atoms with Crippen LogP contribution >= 0.6 is 0 Å². The van der Waals surface area contributed by atoms with E-state index in [4.69, 9.17) is 0 Å². The van der Waals surface area contributed by atoms with Crippen LogP contribution in [0.4, 0.5) is 17.1 Å². The minimum Gasteiger partial charge on any atom is -0.310 e. The van der Waals surface area contributed by atoms with Crippen LogP contribution in [0.5, 0.6) is 0 Å². The van der Waals surface area contributed by atoms with E-state index in [0.717, 1.165) is 17.1 Å². The first-order valence-corrected chi connectivity index (χ1v) is 19.0. The van der Waals surface area contributed by atoms with E-state index in [2.05, 4.69) is 231 Å². The molecule has 0 N–H and O–H groups in total. The Morgan fingerprint density at radius 1 is 0.273 bits per heavy atom. The van der Waals surface area contributed by atoms with E-state index in [-0.39, 0.29) is 0 Å². The highest BCUT2D eigenvalue weighted by Crippen LogP contribution is 2.42. The molecule has 0 aliphatic heterocycles. The fraction of sp³-hybridized carbons (Fsp3) is 0.0370. The first-order chi connectivity index (χ1) is 27.1. The van der Waals surface area contributed by atoms with Crippen molar-refractivity contribution in [3.8, 4) is 55.6 Å². The molecule has 0 fully saturated rings. The molecule has 0 aromatic heterocycles. The number of anilines is 3. The topological polar surface area (TPSA) is 3.24 Å². The van der Waals surface area contributed by atoms with Crippen LogP contribution in [0.3, 0.4) is 0 Å². The van der Waals surface area contributed by atoms with Gasteiger partial charge in [0.25, 0.3) is 0 Å². The zero-order valence-corrected chi connectivity index (χ0v) is 31.2. The van der Waals surface area contributed by atoms with Crippen molar-refractivity contribution >= 4 is 27.8 Å². The van der Waals surface area contributed by atoms with Gasteiger partial charge < -0.3 is 4.90 Å². The molecule has 0 bridgehead atoms. The predicted octanol–water partition coefficient (Wildman–Crippen LogP) is 15.3. The average Bonchev–Trinajstić information content (AvgIpc) is 3.25. The standard InChI is InChI=1S/C54H41N/c1-38-15-19-40(20-16-38)42-27-31-48(32-28-42)55(49-33-29-43(30-34-49)41-21-17-39(2)18-22-41)50-35-36-53(54(37-50)45-9-4-3-5-10-45)47-25-23-46(24-26-47)52-14-8-12-44-11-6-7-13-51(44)52/h3-37H,1-2H3. The van der Waals surface area contributed by atoms with E-state index in [1.807, 2.05) is 0 Å². The van der Waals surface area contributed by atoms with Gasteiger partial charge in [0.05, 0.1) is 0 Å². The summed E-state index contributed by atoms with van der Waals surface area (Å²) >= 11 is 0. The summed E-state index contributed by atoms with van der Waals surface area (Å²) < 4.78 is 0. The van der Waals surface area contributed by atoms with Gasteiger partial charge in [0, 0.05) is 17.1 Å². The highest BCUT2D eigenvalue weighted by atomic mass is 15.1. The lowest BCUT2D eigenvalue weighted by Crippen LogP contribution is -2.10. The van der Waals surface area contributed by atoms with Gasteiger partial charge in [0.2, 0.25) is 0 Å². The van der Waals surface area contributed by atoms with E-state index in [0.29, 0.717) is 0 Å². The Bertz CT molecular complexity index is 2610. The van der Waals surface area contributed by atoms with Gasteiger partial charge in [-0.15, -0.1) is 0 Å². The van der Waals surface area contributed by atoms with E-state index >= 15 is 0 Å². The first-order valence-electron chi connectivity index (χ1n) is 19.0. The molecular formula is C54H41N. The highest BCUT2D eigenvalue weighted by molar-refractivity contribution is 5.97. The lowest BCUT2D eigenvalue weighted by atomic mass is 9.91. The SMILES string of the molecule is Cc1ccc(-c2ccc(N(c3ccc(-c4ccc(C)cc4)cc3)c3ccc(-c4ccc(-c5cccc6ccccc56)cc4)c(-c4ccccc4)c3)cc2)cc1. The minimum atomic E-state index is 1.10. The van der Waals surface area contributed by atoms with Gasteiger partial charge in [-0.1, -0.05) is 187 Å². The Labute approximate surface area is 324 Å². The number of fused-ring (bicyclic) bond motifs is 1. The van der Waals surface area contributed by atoms with Crippen LogP contribution in [0, 0.1) is 13.8 Å². The maximum Gasteiger partial charge on any atom is 0.0468 e. The smallest absolute Gasteiger partial charge is 0.0468 e. The second kappa shape index (κ2) is 14.8. The summed E-state index contributed by atoms with van der Waals surface area (Å²) in [6.45, 7) is 4.26. The van der Waals surface area contributed by atoms with Crippen molar-refractivity contribution in [1.29, 1.82) is 0 Å². The summed E-state index contributed by atoms with van der Waals surface area (Å²) in [5, 5.41) is 2.52. The van der Waals surface area contributed by atoms with Gasteiger partial charge in [0.15, 0.2) is 0 Å². The van der Waals surface area contributed by atoms with Crippen LogP contribution in [0.2, 0.25) is 0 Å². The summed E-state index contributed by atoms with van der Waals surface area (Å²) in [4.78, 5) is 2.37.